The van der Waals surface area contributed by atoms with Crippen LogP contribution in [0.4, 0.5) is 35.4 Å². The van der Waals surface area contributed by atoms with E-state index in [0.29, 0.717) is 63.5 Å². The zero-order valence-corrected chi connectivity index (χ0v) is 58.6. The first-order chi connectivity index (χ1) is 46.5. The number of para-hydroxylation sites is 2. The van der Waals surface area contributed by atoms with Crippen LogP contribution in [0.5, 0.6) is 0 Å². The van der Waals surface area contributed by atoms with Crippen molar-refractivity contribution in [3.05, 3.63) is 232 Å². The Balaban J connectivity index is 0.000000171. The number of hydrogen-bond donors (Lipinski definition) is 1. The normalized spacial score (nSPS) is 15.3. The van der Waals surface area contributed by atoms with Crippen LogP contribution in [0.25, 0.3) is 38.2 Å². The fraction of sp³-hybridized carbons (Fsp3) is 0.359. The van der Waals surface area contributed by atoms with E-state index >= 15 is 0 Å². The van der Waals surface area contributed by atoms with Gasteiger partial charge in [0.25, 0.3) is 11.2 Å². The minimum absolute atomic E-state index is 0.00367. The van der Waals surface area contributed by atoms with Gasteiger partial charge in [-0.25, -0.2) is 4.98 Å². The van der Waals surface area contributed by atoms with E-state index < -0.39 is 27.9 Å². The highest BCUT2D eigenvalue weighted by atomic mass is 35.5. The molecule has 0 spiro atoms. The number of alkyl halides is 3. The molecule has 6 aromatic rings. The Kier molecular flexibility index (Phi) is 25.7. The van der Waals surface area contributed by atoms with Crippen LogP contribution in [0.3, 0.4) is 0 Å². The number of piperazine rings is 1. The molecule has 2 aliphatic heterocycles. The third-order valence-corrected chi connectivity index (χ3v) is 19.2. The highest BCUT2D eigenvalue weighted by molar-refractivity contribution is 7.22. The Bertz CT molecular complexity index is 4380. The van der Waals surface area contributed by atoms with Gasteiger partial charge in [0.15, 0.2) is 16.7 Å². The molecule has 11 rings (SSSR count). The largest absolute Gasteiger partial charge is 0.416 e. The molecule has 0 atom stereocenters. The van der Waals surface area contributed by atoms with Gasteiger partial charge in [-0.15, -0.1) is 0 Å². The molecule has 13 nitrogen and oxygen atoms in total. The molecule has 1 saturated carbocycles. The molecule has 0 unspecified atom stereocenters. The fourth-order valence-corrected chi connectivity index (χ4v) is 13.7. The molecule has 508 valence electrons. The maximum absolute atomic E-state index is 13.1. The van der Waals surface area contributed by atoms with Gasteiger partial charge in [0.2, 0.25) is 0 Å². The minimum atomic E-state index is -4.79. The van der Waals surface area contributed by atoms with Crippen molar-refractivity contribution in [3.63, 3.8) is 0 Å². The number of fused-ring (bicyclic) bond motifs is 4. The van der Waals surface area contributed by atoms with Crippen molar-refractivity contribution in [2.45, 2.75) is 144 Å². The molecule has 3 heterocycles. The van der Waals surface area contributed by atoms with E-state index in [1.807, 2.05) is 77.7 Å². The number of benzene rings is 6. The number of carbonyl (C=O) groups is 2. The zero-order valence-electron chi connectivity index (χ0n) is 56.3. The molecule has 1 aromatic heterocycles. The lowest BCUT2D eigenvalue weighted by molar-refractivity contribution is -0.383. The van der Waals surface area contributed by atoms with Crippen molar-refractivity contribution in [2.75, 3.05) is 42.9 Å². The number of allylic oxidation sites excluding steroid dienone is 10. The van der Waals surface area contributed by atoms with Crippen LogP contribution >= 0.6 is 34.5 Å². The number of nitrogens with zero attached hydrogens (tertiary/aromatic N) is 7. The summed E-state index contributed by atoms with van der Waals surface area (Å²) in [6, 6.07) is 36.1. The summed E-state index contributed by atoms with van der Waals surface area (Å²) in [5.74, 6) is 0.663. The highest BCUT2D eigenvalue weighted by Gasteiger charge is 2.35. The Morgan fingerprint density at radius 1 is 0.732 bits per heavy atom. The number of carbonyl (C=O) groups excluding carboxylic acids is 2. The molecule has 1 saturated heterocycles. The predicted octanol–water partition coefficient (Wildman–Crippen LogP) is 20.7. The quantitative estimate of drug-likeness (QED) is 0.0337. The molecule has 19 heteroatoms. The second-order valence-electron chi connectivity index (χ2n) is 25.8. The van der Waals surface area contributed by atoms with Gasteiger partial charge in [-0.1, -0.05) is 137 Å². The lowest BCUT2D eigenvalue weighted by Gasteiger charge is -2.37. The summed E-state index contributed by atoms with van der Waals surface area (Å²) in [6.45, 7) is 19.0. The molecule has 2 fully saturated rings. The van der Waals surface area contributed by atoms with Gasteiger partial charge in [0.1, 0.15) is 4.70 Å². The van der Waals surface area contributed by atoms with E-state index in [-0.39, 0.29) is 27.7 Å². The maximum atomic E-state index is 13.1. The number of anilines is 3. The van der Waals surface area contributed by atoms with Crippen molar-refractivity contribution >= 4 is 89.4 Å². The van der Waals surface area contributed by atoms with Crippen molar-refractivity contribution in [2.24, 2.45) is 10.9 Å². The zero-order chi connectivity index (χ0) is 69.3. The molecular weight excluding hydrogens is 1290 g/mol. The molecule has 1 N–H and O–H groups in total. The van der Waals surface area contributed by atoms with Gasteiger partial charge in [-0.3, -0.25) is 34.4 Å². The van der Waals surface area contributed by atoms with E-state index in [2.05, 4.69) is 111 Å². The molecule has 0 amide bonds. The molecule has 5 aromatic carbocycles. The monoisotopic (exact) mass is 1370 g/mol. The minimum Gasteiger partial charge on any atom is -0.354 e. The van der Waals surface area contributed by atoms with Crippen LogP contribution in [0.15, 0.2) is 189 Å². The number of aromatic nitrogens is 3. The smallest absolute Gasteiger partial charge is 0.354 e. The van der Waals surface area contributed by atoms with Gasteiger partial charge < -0.3 is 14.8 Å². The first kappa shape index (κ1) is 72.9. The third-order valence-electron chi connectivity index (χ3n) is 17.5. The van der Waals surface area contributed by atoms with E-state index in [0.717, 1.165) is 127 Å². The molecule has 97 heavy (non-hydrogen) atoms. The summed E-state index contributed by atoms with van der Waals surface area (Å²) in [5.41, 5.74) is 11.1. The van der Waals surface area contributed by atoms with Crippen LogP contribution in [-0.2, 0) is 6.18 Å². The number of Topliss-reactive ketones (excluding diaryl/α,β-unsaturated/α-hetero) is 1. The van der Waals surface area contributed by atoms with Gasteiger partial charge >= 0.3 is 6.18 Å². The SMILES string of the molecule is CC(C)=CCC/C(C)=C/CC/C(C)=C/CC/C(C)=C/CCC1=CC(=O)c2ccccc2C1=O.CC(C)N=c1cc2n(-c3ccc(Cl)cc3)c3ccccc3nc-2cc1Nc1ccc(Cl)cc1.O=c1nc(N2CCN(CC3CCCCC3)CC2)sc2c([N+](=O)[O-])cc(C(F)(F)F)cc12. The summed E-state index contributed by atoms with van der Waals surface area (Å²) in [6.07, 6.45) is 20.4. The average molecular weight is 1370 g/mol. The molecule has 5 aliphatic rings. The van der Waals surface area contributed by atoms with Gasteiger partial charge in [-0.2, -0.15) is 18.2 Å². The maximum Gasteiger partial charge on any atom is 0.416 e. The van der Waals surface area contributed by atoms with Gasteiger partial charge in [0, 0.05) is 83.0 Å². The number of nitro groups is 1. The Hall–Kier alpha value is -8.35. The average Bonchev–Trinajstić information content (AvgIpc) is 0.761. The first-order valence-electron chi connectivity index (χ1n) is 33.4. The van der Waals surface area contributed by atoms with E-state index in [4.69, 9.17) is 33.2 Å². The number of non-ortho nitro benzene ring substituents is 1. The van der Waals surface area contributed by atoms with Gasteiger partial charge in [0.05, 0.1) is 49.3 Å². The van der Waals surface area contributed by atoms with Crippen molar-refractivity contribution in [1.29, 1.82) is 0 Å². The lowest BCUT2D eigenvalue weighted by Crippen LogP contribution is -2.48. The van der Waals surface area contributed by atoms with Crippen LogP contribution < -0.4 is 21.1 Å². The number of rotatable bonds is 20. The fourth-order valence-electron chi connectivity index (χ4n) is 12.3. The third kappa shape index (κ3) is 20.4. The highest BCUT2D eigenvalue weighted by Crippen LogP contribution is 2.39. The molecule has 0 radical (unpaired) electrons. The van der Waals surface area contributed by atoms with Crippen LogP contribution in [0, 0.1) is 16.0 Å². The van der Waals surface area contributed by atoms with Crippen molar-refractivity contribution < 1.29 is 27.7 Å². The summed E-state index contributed by atoms with van der Waals surface area (Å²) >= 11 is 13.1. The van der Waals surface area contributed by atoms with E-state index in [9.17, 15) is 37.7 Å². The van der Waals surface area contributed by atoms with Crippen molar-refractivity contribution in [1.82, 2.24) is 19.4 Å². The van der Waals surface area contributed by atoms with E-state index in [1.165, 1.54) is 60.5 Å². The van der Waals surface area contributed by atoms with Gasteiger partial charge in [-0.05, 0) is 204 Å². The molecule has 0 bridgehead atoms. The summed E-state index contributed by atoms with van der Waals surface area (Å²) in [4.78, 5) is 66.1. The first-order valence-corrected chi connectivity index (χ1v) is 35.0. The number of ketones is 2. The predicted molar refractivity (Wildman–Crippen MR) is 392 cm³/mol. The molecule has 3 aliphatic carbocycles. The van der Waals surface area contributed by atoms with Crippen LogP contribution in [-0.4, -0.2) is 74.7 Å². The van der Waals surface area contributed by atoms with Crippen LogP contribution in [0.1, 0.15) is 158 Å². The van der Waals surface area contributed by atoms with E-state index in [1.54, 1.807) is 18.2 Å². The van der Waals surface area contributed by atoms with Crippen LogP contribution in [0.2, 0.25) is 10.0 Å². The molecular formula is C78H85Cl2F3N8O5S. The number of nitrogens with one attached hydrogen (secondary N) is 1. The second-order valence-corrected chi connectivity index (χ2v) is 27.7. The Morgan fingerprint density at radius 3 is 1.95 bits per heavy atom. The summed E-state index contributed by atoms with van der Waals surface area (Å²) in [5, 5.41) is 17.1. The van der Waals surface area contributed by atoms with Crippen molar-refractivity contribution in [3.8, 4) is 17.1 Å². The Labute approximate surface area is 580 Å². The number of hydrogen-bond acceptors (Lipinski definition) is 12. The standard InChI is InChI=1S/C31H40O2.C27H22Cl2N4.C20H23F3N4O3S/c1-23(2)12-8-13-24(3)14-9-15-25(4)16-10-17-26(5)18-11-19-27-22-30(32)28-20-6-7-21-29(28)31(27)33;1-17(2)30-24-16-27-25(15-23(24)31-20-11-7-18(28)8-12-20)32-22-5-3-4-6-26(22)33(27)21-13-9-19(29)10-14-21;21-20(22,23)14-10-15-17(16(11-14)27(29)30)31-19(24-18(15)28)26-8-6-25(7-9-26)12-13-4-2-1-3-5-13/h6-7,12,14,16,18,20-22H,8-11,13,15,17,19H2,1-5H3;3-17,31H,1-2H3;10-11,13H,1-9,12H2/b24-14+,25-16+,26-18+;;. The topological polar surface area (TPSA) is 156 Å². The Morgan fingerprint density at radius 2 is 1.33 bits per heavy atom. The summed E-state index contributed by atoms with van der Waals surface area (Å²) < 4.78 is 41.5. The lowest BCUT2D eigenvalue weighted by atomic mass is 9.87. The second kappa shape index (κ2) is 34.2. The number of halogens is 5. The summed E-state index contributed by atoms with van der Waals surface area (Å²) in [7, 11) is 0. The number of nitro benzene ring substituents is 1.